The first-order valence-corrected chi connectivity index (χ1v) is 15.1. The van der Waals surface area contributed by atoms with Crippen LogP contribution < -0.4 is 16.4 Å². The summed E-state index contributed by atoms with van der Waals surface area (Å²) in [5, 5.41) is 5.55. The Hall–Kier alpha value is -4.40. The predicted octanol–water partition coefficient (Wildman–Crippen LogP) is 4.62. The molecule has 1 aliphatic heterocycles. The third kappa shape index (κ3) is 10.7. The first-order valence-electron chi connectivity index (χ1n) is 15.1. The highest BCUT2D eigenvalue weighted by molar-refractivity contribution is 5.93. The van der Waals surface area contributed by atoms with Gasteiger partial charge in [0.05, 0.1) is 5.41 Å². The summed E-state index contributed by atoms with van der Waals surface area (Å²) in [6, 6.07) is 15.9. The van der Waals surface area contributed by atoms with Gasteiger partial charge in [-0.05, 0) is 55.5 Å². The predicted molar refractivity (Wildman–Crippen MR) is 171 cm³/mol. The molecule has 2 aromatic rings. The second-order valence-electron chi connectivity index (χ2n) is 12.4. The summed E-state index contributed by atoms with van der Waals surface area (Å²) in [6.45, 7) is 8.97. The lowest BCUT2D eigenvalue weighted by molar-refractivity contribution is -0.178. The Balaban J connectivity index is 1.92. The molecule has 3 rings (SSSR count). The molecule has 4 N–H and O–H groups in total. The number of esters is 2. The highest BCUT2D eigenvalue weighted by Gasteiger charge is 2.36. The molecule has 236 valence electrons. The van der Waals surface area contributed by atoms with E-state index in [9.17, 15) is 19.2 Å². The Labute approximate surface area is 260 Å². The van der Waals surface area contributed by atoms with Crippen LogP contribution in [0.1, 0.15) is 58.6 Å². The Morgan fingerprint density at radius 1 is 0.977 bits per heavy atom. The van der Waals surface area contributed by atoms with Gasteiger partial charge in [0, 0.05) is 31.0 Å². The number of hydrogen-bond acceptors (Lipinski definition) is 7. The number of carbonyl (C=O) groups excluding carboxylic acids is 4. The van der Waals surface area contributed by atoms with Crippen LogP contribution in [-0.4, -0.2) is 48.5 Å². The fourth-order valence-corrected chi connectivity index (χ4v) is 4.59. The average molecular weight is 604 g/mol. The molecule has 2 amide bonds. The minimum Gasteiger partial charge on any atom is -0.459 e. The van der Waals surface area contributed by atoms with Crippen LogP contribution in [0.5, 0.6) is 0 Å². The van der Waals surface area contributed by atoms with Crippen molar-refractivity contribution in [1.82, 2.24) is 10.6 Å². The number of anilines is 1. The minimum absolute atomic E-state index is 0.0419. The van der Waals surface area contributed by atoms with Crippen molar-refractivity contribution in [3.05, 3.63) is 84.0 Å². The normalized spacial score (nSPS) is 23.4. The molecule has 0 bridgehead atoms. The van der Waals surface area contributed by atoms with Crippen molar-refractivity contribution in [3.63, 3.8) is 0 Å². The zero-order chi connectivity index (χ0) is 32.3. The standard InChI is InChI=1S/C35H45N3O6/c1-23(2)20-30-33(41)43-29(24(3)14-15-25-10-7-6-8-11-25)12-9-13-31(39)38-28(21-26-16-18-27(36)19-17-26)32(40)37-22-35(4,5)34(42)44-30/h6-11,13-19,23-24,28-30H,12,20-22,36H2,1-5H3,(H,37,40)(H,38,39)/b13-9+,15-14+/t24-,28-,29+,30+/m1/s1. The van der Waals surface area contributed by atoms with Gasteiger partial charge in [-0.1, -0.05) is 81.5 Å². The molecule has 9 nitrogen and oxygen atoms in total. The number of carbonyl (C=O) groups is 4. The van der Waals surface area contributed by atoms with E-state index in [1.165, 1.54) is 6.08 Å². The van der Waals surface area contributed by atoms with Crippen LogP contribution >= 0.6 is 0 Å². The maximum absolute atomic E-state index is 13.4. The molecule has 0 saturated carbocycles. The van der Waals surface area contributed by atoms with Crippen molar-refractivity contribution in [2.24, 2.45) is 17.3 Å². The van der Waals surface area contributed by atoms with E-state index in [2.05, 4.69) is 10.6 Å². The lowest BCUT2D eigenvalue weighted by Gasteiger charge is -2.29. The molecule has 2 aromatic carbocycles. The molecule has 0 radical (unpaired) electrons. The summed E-state index contributed by atoms with van der Waals surface area (Å²) in [6.07, 6.45) is 5.81. The number of ether oxygens (including phenoxy) is 2. The molecule has 0 saturated heterocycles. The van der Waals surface area contributed by atoms with Gasteiger partial charge in [-0.2, -0.15) is 0 Å². The second-order valence-corrected chi connectivity index (χ2v) is 12.4. The third-order valence-electron chi connectivity index (χ3n) is 7.39. The summed E-state index contributed by atoms with van der Waals surface area (Å²) >= 11 is 0. The fourth-order valence-electron chi connectivity index (χ4n) is 4.59. The van der Waals surface area contributed by atoms with E-state index in [-0.39, 0.29) is 37.6 Å². The van der Waals surface area contributed by atoms with Gasteiger partial charge >= 0.3 is 11.9 Å². The number of cyclic esters (lactones) is 2. The number of hydrogen-bond donors (Lipinski definition) is 3. The lowest BCUT2D eigenvalue weighted by atomic mass is 9.93. The quantitative estimate of drug-likeness (QED) is 0.310. The molecule has 1 heterocycles. The lowest BCUT2D eigenvalue weighted by Crippen LogP contribution is -2.51. The Morgan fingerprint density at radius 3 is 2.32 bits per heavy atom. The van der Waals surface area contributed by atoms with Crippen LogP contribution in [0, 0.1) is 17.3 Å². The van der Waals surface area contributed by atoms with Gasteiger partial charge in [0.15, 0.2) is 6.10 Å². The number of amides is 2. The van der Waals surface area contributed by atoms with Crippen molar-refractivity contribution < 1.29 is 28.7 Å². The van der Waals surface area contributed by atoms with E-state index in [1.807, 2.05) is 63.3 Å². The molecule has 1 aliphatic rings. The van der Waals surface area contributed by atoms with Crippen LogP contribution in [0.25, 0.3) is 6.08 Å². The van der Waals surface area contributed by atoms with E-state index < -0.39 is 47.4 Å². The van der Waals surface area contributed by atoms with E-state index in [0.29, 0.717) is 5.69 Å². The molecule has 44 heavy (non-hydrogen) atoms. The van der Waals surface area contributed by atoms with Gasteiger partial charge in [0.1, 0.15) is 12.1 Å². The molecule has 0 spiro atoms. The Bertz CT molecular complexity index is 1330. The van der Waals surface area contributed by atoms with E-state index in [4.69, 9.17) is 15.2 Å². The smallest absolute Gasteiger partial charge is 0.347 e. The number of rotatable bonds is 7. The minimum atomic E-state index is -1.16. The van der Waals surface area contributed by atoms with Gasteiger partial charge in [-0.15, -0.1) is 0 Å². The van der Waals surface area contributed by atoms with E-state index in [0.717, 1.165) is 11.1 Å². The Morgan fingerprint density at radius 2 is 1.66 bits per heavy atom. The zero-order valence-electron chi connectivity index (χ0n) is 26.2. The second kappa shape index (κ2) is 15.9. The molecule has 9 heteroatoms. The highest BCUT2D eigenvalue weighted by atomic mass is 16.6. The molecule has 4 atom stereocenters. The van der Waals surface area contributed by atoms with Gasteiger partial charge in [0.2, 0.25) is 11.8 Å². The number of nitrogen functional groups attached to an aromatic ring is 1. The first kappa shape index (κ1) is 34.1. The average Bonchev–Trinajstić information content (AvgIpc) is 2.98. The Kier molecular flexibility index (Phi) is 12.3. The fraction of sp³-hybridized carbons (Fsp3) is 0.429. The van der Waals surface area contributed by atoms with Crippen LogP contribution in [0.15, 0.2) is 72.8 Å². The molecule has 0 unspecified atom stereocenters. The number of nitrogens with one attached hydrogen (secondary N) is 2. The van der Waals surface area contributed by atoms with Crippen molar-refractivity contribution >= 4 is 35.5 Å². The molecule has 0 aromatic heterocycles. The molecular formula is C35H45N3O6. The summed E-state index contributed by atoms with van der Waals surface area (Å²) < 4.78 is 11.7. The highest BCUT2D eigenvalue weighted by Crippen LogP contribution is 2.23. The summed E-state index contributed by atoms with van der Waals surface area (Å²) in [5.74, 6) is -2.40. The van der Waals surface area contributed by atoms with Crippen LogP contribution in [0.3, 0.4) is 0 Å². The molecular weight excluding hydrogens is 558 g/mol. The van der Waals surface area contributed by atoms with Crippen molar-refractivity contribution in [3.8, 4) is 0 Å². The van der Waals surface area contributed by atoms with Gasteiger partial charge in [0.25, 0.3) is 0 Å². The monoisotopic (exact) mass is 603 g/mol. The third-order valence-corrected chi connectivity index (χ3v) is 7.39. The van der Waals surface area contributed by atoms with Crippen LogP contribution in [0.4, 0.5) is 5.69 Å². The zero-order valence-corrected chi connectivity index (χ0v) is 26.2. The van der Waals surface area contributed by atoms with Gasteiger partial charge in [-0.25, -0.2) is 4.79 Å². The van der Waals surface area contributed by atoms with Crippen molar-refractivity contribution in [2.45, 2.75) is 72.1 Å². The van der Waals surface area contributed by atoms with Crippen LogP contribution in [-0.2, 0) is 35.1 Å². The van der Waals surface area contributed by atoms with E-state index >= 15 is 0 Å². The van der Waals surface area contributed by atoms with E-state index in [1.54, 1.807) is 44.2 Å². The van der Waals surface area contributed by atoms with Crippen molar-refractivity contribution in [1.29, 1.82) is 0 Å². The maximum atomic E-state index is 13.4. The van der Waals surface area contributed by atoms with Gasteiger partial charge in [-0.3, -0.25) is 14.4 Å². The largest absolute Gasteiger partial charge is 0.459 e. The number of benzene rings is 2. The van der Waals surface area contributed by atoms with Gasteiger partial charge < -0.3 is 25.8 Å². The SMILES string of the molecule is CC(C)C[C@@H]1OC(=O)C(C)(C)CNC(=O)[C@@H](Cc2ccc(N)cc2)NC(=O)/C=C/C[C@@H]([C@H](C)/C=C/c2ccccc2)OC1=O. The van der Waals surface area contributed by atoms with Crippen LogP contribution in [0.2, 0.25) is 0 Å². The summed E-state index contributed by atoms with van der Waals surface area (Å²) in [5.41, 5.74) is 7.03. The first-order chi connectivity index (χ1) is 20.8. The summed E-state index contributed by atoms with van der Waals surface area (Å²) in [7, 11) is 0. The maximum Gasteiger partial charge on any atom is 0.347 e. The molecule has 0 fully saturated rings. The van der Waals surface area contributed by atoms with Crippen molar-refractivity contribution in [2.75, 3.05) is 12.3 Å². The topological polar surface area (TPSA) is 137 Å². The summed E-state index contributed by atoms with van der Waals surface area (Å²) in [4.78, 5) is 53.0. The number of nitrogens with two attached hydrogens (primary N) is 1. The molecule has 0 aliphatic carbocycles.